The van der Waals surface area contributed by atoms with Crippen molar-refractivity contribution in [3.05, 3.63) is 23.4 Å². The molecule has 0 amide bonds. The summed E-state index contributed by atoms with van der Waals surface area (Å²) >= 11 is 0. The Kier molecular flexibility index (Phi) is 3.93. The fraction of sp³-hybridized carbons (Fsp3) is 0.583. The van der Waals surface area contributed by atoms with Gasteiger partial charge in [0.15, 0.2) is 0 Å². The molecule has 0 fully saturated rings. The summed E-state index contributed by atoms with van der Waals surface area (Å²) in [6.07, 6.45) is 4.31. The minimum atomic E-state index is 0.508. The lowest BCUT2D eigenvalue weighted by atomic mass is 10.1. The van der Waals surface area contributed by atoms with E-state index in [9.17, 15) is 0 Å². The van der Waals surface area contributed by atoms with Crippen LogP contribution in [0.2, 0.25) is 0 Å². The summed E-state index contributed by atoms with van der Waals surface area (Å²) in [5.41, 5.74) is 2.45. The molecule has 0 aromatic carbocycles. The second-order valence-electron chi connectivity index (χ2n) is 4.01. The standard InChI is InChI=1S/C12H20N2/c1-5-6-11(4)14-12-10(3)7-9(2)8-13-12/h7-8,11H,5-6H2,1-4H3,(H,13,14). The maximum absolute atomic E-state index is 4.39. The molecular formula is C12H20N2. The van der Waals surface area contributed by atoms with Crippen LogP contribution in [0.1, 0.15) is 37.8 Å². The van der Waals surface area contributed by atoms with Gasteiger partial charge in [-0.2, -0.15) is 0 Å². The minimum absolute atomic E-state index is 0.508. The van der Waals surface area contributed by atoms with Gasteiger partial charge in [-0.1, -0.05) is 19.4 Å². The van der Waals surface area contributed by atoms with E-state index in [0.29, 0.717) is 6.04 Å². The molecule has 0 bridgehead atoms. The highest BCUT2D eigenvalue weighted by atomic mass is 15.0. The third kappa shape index (κ3) is 3.02. The highest BCUT2D eigenvalue weighted by Crippen LogP contribution is 2.14. The Labute approximate surface area is 86.8 Å². The van der Waals surface area contributed by atoms with Crippen LogP contribution in [0.4, 0.5) is 5.82 Å². The van der Waals surface area contributed by atoms with E-state index in [-0.39, 0.29) is 0 Å². The molecule has 0 aliphatic heterocycles. The maximum atomic E-state index is 4.39. The summed E-state index contributed by atoms with van der Waals surface area (Å²) < 4.78 is 0. The first kappa shape index (κ1) is 11.0. The Balaban J connectivity index is 2.67. The Morgan fingerprint density at radius 2 is 2.14 bits per heavy atom. The number of nitrogens with zero attached hydrogens (tertiary/aromatic N) is 1. The summed E-state index contributed by atoms with van der Waals surface area (Å²) in [6.45, 7) is 8.57. The molecule has 1 aromatic rings. The van der Waals surface area contributed by atoms with Gasteiger partial charge in [0.1, 0.15) is 5.82 Å². The summed E-state index contributed by atoms with van der Waals surface area (Å²) in [5.74, 6) is 1.02. The van der Waals surface area contributed by atoms with Gasteiger partial charge in [0.25, 0.3) is 0 Å². The second-order valence-corrected chi connectivity index (χ2v) is 4.01. The van der Waals surface area contributed by atoms with E-state index in [1.807, 2.05) is 6.20 Å². The summed E-state index contributed by atoms with van der Waals surface area (Å²) in [7, 11) is 0. The molecule has 78 valence electrons. The predicted molar refractivity (Wildman–Crippen MR) is 61.7 cm³/mol. The van der Waals surface area contributed by atoms with Crippen LogP contribution in [-0.4, -0.2) is 11.0 Å². The smallest absolute Gasteiger partial charge is 0.129 e. The average molecular weight is 192 g/mol. The second kappa shape index (κ2) is 4.99. The topological polar surface area (TPSA) is 24.9 Å². The lowest BCUT2D eigenvalue weighted by molar-refractivity contribution is 0.687. The zero-order valence-electron chi connectivity index (χ0n) is 9.59. The monoisotopic (exact) mass is 192 g/mol. The van der Waals surface area contributed by atoms with Crippen molar-refractivity contribution < 1.29 is 0 Å². The highest BCUT2D eigenvalue weighted by molar-refractivity contribution is 5.44. The van der Waals surface area contributed by atoms with Gasteiger partial charge in [0.2, 0.25) is 0 Å². The number of pyridine rings is 1. The van der Waals surface area contributed by atoms with E-state index in [2.05, 4.69) is 44.1 Å². The molecule has 1 N–H and O–H groups in total. The first-order valence-electron chi connectivity index (χ1n) is 5.33. The quantitative estimate of drug-likeness (QED) is 0.791. The lowest BCUT2D eigenvalue weighted by Crippen LogP contribution is -2.16. The molecule has 0 spiro atoms. The van der Waals surface area contributed by atoms with Crippen LogP contribution in [0, 0.1) is 13.8 Å². The van der Waals surface area contributed by atoms with Gasteiger partial charge in [-0.3, -0.25) is 0 Å². The summed E-state index contributed by atoms with van der Waals surface area (Å²) in [5, 5.41) is 3.43. The fourth-order valence-electron chi connectivity index (χ4n) is 1.60. The molecule has 0 saturated heterocycles. The Hall–Kier alpha value is -1.05. The van der Waals surface area contributed by atoms with Crippen molar-refractivity contribution in [2.45, 2.75) is 46.6 Å². The first-order valence-corrected chi connectivity index (χ1v) is 5.33. The van der Waals surface area contributed by atoms with E-state index >= 15 is 0 Å². The molecule has 0 saturated carbocycles. The number of hydrogen-bond donors (Lipinski definition) is 1. The Morgan fingerprint density at radius 3 is 2.71 bits per heavy atom. The fourth-order valence-corrected chi connectivity index (χ4v) is 1.60. The van der Waals surface area contributed by atoms with Crippen LogP contribution in [0.15, 0.2) is 12.3 Å². The Morgan fingerprint density at radius 1 is 1.43 bits per heavy atom. The van der Waals surface area contributed by atoms with E-state index < -0.39 is 0 Å². The molecule has 0 aliphatic rings. The van der Waals surface area contributed by atoms with E-state index in [1.54, 1.807) is 0 Å². The zero-order chi connectivity index (χ0) is 10.6. The summed E-state index contributed by atoms with van der Waals surface area (Å²) in [6, 6.07) is 2.67. The number of aromatic nitrogens is 1. The molecule has 1 atom stereocenters. The number of nitrogens with one attached hydrogen (secondary N) is 1. The lowest BCUT2D eigenvalue weighted by Gasteiger charge is -2.15. The largest absolute Gasteiger partial charge is 0.367 e. The Bertz CT molecular complexity index is 294. The van der Waals surface area contributed by atoms with Crippen LogP contribution in [0.3, 0.4) is 0 Å². The van der Waals surface area contributed by atoms with Gasteiger partial charge < -0.3 is 5.32 Å². The van der Waals surface area contributed by atoms with E-state index in [0.717, 1.165) is 5.82 Å². The van der Waals surface area contributed by atoms with Gasteiger partial charge in [-0.15, -0.1) is 0 Å². The van der Waals surface area contributed by atoms with Crippen molar-refractivity contribution in [1.82, 2.24) is 4.98 Å². The zero-order valence-corrected chi connectivity index (χ0v) is 9.59. The number of hydrogen-bond acceptors (Lipinski definition) is 2. The van der Waals surface area contributed by atoms with Crippen LogP contribution in [0.5, 0.6) is 0 Å². The number of anilines is 1. The van der Waals surface area contributed by atoms with Crippen LogP contribution in [0.25, 0.3) is 0 Å². The van der Waals surface area contributed by atoms with Crippen molar-refractivity contribution >= 4 is 5.82 Å². The van der Waals surface area contributed by atoms with Crippen LogP contribution in [-0.2, 0) is 0 Å². The van der Waals surface area contributed by atoms with Crippen molar-refractivity contribution in [3.63, 3.8) is 0 Å². The van der Waals surface area contributed by atoms with E-state index in [4.69, 9.17) is 0 Å². The van der Waals surface area contributed by atoms with Crippen LogP contribution < -0.4 is 5.32 Å². The minimum Gasteiger partial charge on any atom is -0.367 e. The van der Waals surface area contributed by atoms with Crippen molar-refractivity contribution in [2.24, 2.45) is 0 Å². The van der Waals surface area contributed by atoms with Crippen molar-refractivity contribution in [2.75, 3.05) is 5.32 Å². The first-order chi connectivity index (χ1) is 6.63. The molecule has 2 heteroatoms. The maximum Gasteiger partial charge on any atom is 0.129 e. The molecule has 2 nitrogen and oxygen atoms in total. The molecule has 1 aromatic heterocycles. The van der Waals surface area contributed by atoms with Crippen molar-refractivity contribution in [1.29, 1.82) is 0 Å². The third-order valence-electron chi connectivity index (χ3n) is 2.32. The number of aryl methyl sites for hydroxylation is 2. The number of rotatable bonds is 4. The van der Waals surface area contributed by atoms with Gasteiger partial charge in [-0.05, 0) is 38.3 Å². The molecule has 14 heavy (non-hydrogen) atoms. The molecule has 1 rings (SSSR count). The SMILES string of the molecule is CCCC(C)Nc1ncc(C)cc1C. The molecule has 0 radical (unpaired) electrons. The molecular weight excluding hydrogens is 172 g/mol. The van der Waals surface area contributed by atoms with Gasteiger partial charge >= 0.3 is 0 Å². The normalized spacial score (nSPS) is 12.6. The third-order valence-corrected chi connectivity index (χ3v) is 2.32. The molecule has 0 aliphatic carbocycles. The van der Waals surface area contributed by atoms with Crippen LogP contribution >= 0.6 is 0 Å². The highest BCUT2D eigenvalue weighted by Gasteiger charge is 2.03. The predicted octanol–water partition coefficient (Wildman–Crippen LogP) is 3.30. The van der Waals surface area contributed by atoms with Crippen molar-refractivity contribution in [3.8, 4) is 0 Å². The molecule has 1 heterocycles. The average Bonchev–Trinajstić information content (AvgIpc) is 2.10. The molecule has 1 unspecified atom stereocenters. The van der Waals surface area contributed by atoms with Gasteiger partial charge in [-0.25, -0.2) is 4.98 Å². The summed E-state index contributed by atoms with van der Waals surface area (Å²) in [4.78, 5) is 4.39. The van der Waals surface area contributed by atoms with Gasteiger partial charge in [0, 0.05) is 12.2 Å². The van der Waals surface area contributed by atoms with Gasteiger partial charge in [0.05, 0.1) is 0 Å². The van der Waals surface area contributed by atoms with E-state index in [1.165, 1.54) is 24.0 Å².